The van der Waals surface area contributed by atoms with Crippen LogP contribution < -0.4 is 4.90 Å². The average Bonchev–Trinajstić information content (AvgIpc) is 2.79. The molecule has 7 nitrogen and oxygen atoms in total. The zero-order chi connectivity index (χ0) is 22.8. The fourth-order valence-electron chi connectivity index (χ4n) is 3.50. The van der Waals surface area contributed by atoms with Crippen molar-refractivity contribution in [2.75, 3.05) is 37.7 Å². The number of anilines is 1. The monoisotopic (exact) mass is 476 g/mol. The lowest BCUT2D eigenvalue weighted by molar-refractivity contribution is 0.0519. The number of nitrogens with zero attached hydrogens (tertiary/aromatic N) is 4. The van der Waals surface area contributed by atoms with Gasteiger partial charge >= 0.3 is 5.97 Å². The molecule has 0 aliphatic carbocycles. The Kier molecular flexibility index (Phi) is 6.43. The number of carbonyl (C=O) groups excluding carboxylic acids is 2. The van der Waals surface area contributed by atoms with Crippen LogP contribution in [-0.4, -0.2) is 59.5 Å². The highest BCUT2D eigenvalue weighted by molar-refractivity contribution is 6.42. The molecule has 1 amide bonds. The first-order valence-electron chi connectivity index (χ1n) is 10.0. The van der Waals surface area contributed by atoms with Gasteiger partial charge in [-0.05, 0) is 43.3 Å². The molecule has 0 radical (unpaired) electrons. The molecular formula is C22H19Cl2FN4O3. The Bertz CT molecular complexity index is 1180. The summed E-state index contributed by atoms with van der Waals surface area (Å²) < 4.78 is 18.3. The number of piperazine rings is 1. The first-order valence-corrected chi connectivity index (χ1v) is 10.8. The van der Waals surface area contributed by atoms with Gasteiger partial charge in [0, 0.05) is 31.7 Å². The molecule has 3 aromatic rings. The summed E-state index contributed by atoms with van der Waals surface area (Å²) in [5.41, 5.74) is 1.42. The predicted molar refractivity (Wildman–Crippen MR) is 120 cm³/mol. The fourth-order valence-corrected chi connectivity index (χ4v) is 3.81. The van der Waals surface area contributed by atoms with E-state index in [0.29, 0.717) is 58.6 Å². The molecule has 32 heavy (non-hydrogen) atoms. The highest BCUT2D eigenvalue weighted by Crippen LogP contribution is 2.29. The molecule has 2 heterocycles. The van der Waals surface area contributed by atoms with Crippen LogP contribution in [0.25, 0.3) is 11.0 Å². The number of hydrogen-bond acceptors (Lipinski definition) is 6. The molecule has 1 aromatic heterocycles. The maximum absolute atomic E-state index is 13.1. The molecule has 10 heteroatoms. The van der Waals surface area contributed by atoms with Gasteiger partial charge in [0.15, 0.2) is 11.5 Å². The Hall–Kier alpha value is -2.97. The highest BCUT2D eigenvalue weighted by Gasteiger charge is 2.28. The summed E-state index contributed by atoms with van der Waals surface area (Å²) in [5.74, 6) is -0.800. The van der Waals surface area contributed by atoms with Gasteiger partial charge in [-0.15, -0.1) is 0 Å². The quantitative estimate of drug-likeness (QED) is 0.524. The van der Waals surface area contributed by atoms with E-state index in [1.54, 1.807) is 24.0 Å². The van der Waals surface area contributed by atoms with Crippen LogP contribution in [-0.2, 0) is 4.74 Å². The van der Waals surface area contributed by atoms with Gasteiger partial charge in [0.05, 0.1) is 27.7 Å². The Morgan fingerprint density at radius 2 is 1.59 bits per heavy atom. The number of benzene rings is 2. The number of esters is 1. The standard InChI is InChI=1S/C22H19Cl2FN4O3/c1-2-32-22(31)19-20(27-18-12-16(24)15(23)11-17(18)26-19)28-7-9-29(10-8-28)21(30)13-3-5-14(25)6-4-13/h3-6,11-12H,2,7-10H2,1H3. The topological polar surface area (TPSA) is 75.6 Å². The second-order valence-electron chi connectivity index (χ2n) is 7.16. The lowest BCUT2D eigenvalue weighted by atomic mass is 10.1. The maximum atomic E-state index is 13.1. The van der Waals surface area contributed by atoms with Crippen LogP contribution in [0.5, 0.6) is 0 Å². The number of hydrogen-bond donors (Lipinski definition) is 0. The molecule has 1 saturated heterocycles. The molecule has 0 atom stereocenters. The first kappa shape index (κ1) is 22.2. The first-order chi connectivity index (χ1) is 15.4. The third-order valence-corrected chi connectivity index (χ3v) is 5.84. The zero-order valence-electron chi connectivity index (χ0n) is 17.1. The van der Waals surface area contributed by atoms with E-state index >= 15 is 0 Å². The number of fused-ring (bicyclic) bond motifs is 1. The van der Waals surface area contributed by atoms with Crippen LogP contribution in [0.4, 0.5) is 10.2 Å². The molecular weight excluding hydrogens is 458 g/mol. The van der Waals surface area contributed by atoms with Gasteiger partial charge in [-0.25, -0.2) is 19.2 Å². The predicted octanol–water partition coefficient (Wildman–Crippen LogP) is 4.21. The van der Waals surface area contributed by atoms with E-state index in [-0.39, 0.29) is 18.2 Å². The third kappa shape index (κ3) is 4.47. The smallest absolute Gasteiger partial charge is 0.360 e. The van der Waals surface area contributed by atoms with Crippen molar-refractivity contribution in [1.82, 2.24) is 14.9 Å². The number of carbonyl (C=O) groups is 2. The van der Waals surface area contributed by atoms with E-state index in [4.69, 9.17) is 27.9 Å². The van der Waals surface area contributed by atoms with Crippen LogP contribution >= 0.6 is 23.2 Å². The van der Waals surface area contributed by atoms with Gasteiger partial charge in [-0.2, -0.15) is 0 Å². The summed E-state index contributed by atoms with van der Waals surface area (Å²) in [6, 6.07) is 8.60. The number of halogens is 3. The fraction of sp³-hybridized carbons (Fsp3) is 0.273. The van der Waals surface area contributed by atoms with Crippen molar-refractivity contribution in [2.45, 2.75) is 6.92 Å². The van der Waals surface area contributed by atoms with Crippen LogP contribution in [0.1, 0.15) is 27.8 Å². The summed E-state index contributed by atoms with van der Waals surface area (Å²) >= 11 is 12.2. The summed E-state index contributed by atoms with van der Waals surface area (Å²) in [6.45, 7) is 3.57. The molecule has 1 fully saturated rings. The summed E-state index contributed by atoms with van der Waals surface area (Å²) in [5, 5.41) is 0.641. The van der Waals surface area contributed by atoms with Gasteiger partial charge in [0.1, 0.15) is 5.82 Å². The Balaban J connectivity index is 1.60. The number of rotatable bonds is 4. The Morgan fingerprint density at radius 3 is 2.19 bits per heavy atom. The molecule has 4 rings (SSSR count). The van der Waals surface area contributed by atoms with Gasteiger partial charge in [0.2, 0.25) is 0 Å². The molecule has 2 aromatic carbocycles. The molecule has 1 aliphatic rings. The lowest BCUT2D eigenvalue weighted by Crippen LogP contribution is -2.49. The maximum Gasteiger partial charge on any atom is 0.360 e. The van der Waals surface area contributed by atoms with E-state index in [9.17, 15) is 14.0 Å². The Morgan fingerprint density at radius 1 is 1.00 bits per heavy atom. The normalized spacial score (nSPS) is 14.0. The molecule has 0 spiro atoms. The van der Waals surface area contributed by atoms with Crippen molar-refractivity contribution in [2.24, 2.45) is 0 Å². The molecule has 1 aliphatic heterocycles. The molecule has 166 valence electrons. The van der Waals surface area contributed by atoms with E-state index in [1.807, 2.05) is 4.90 Å². The third-order valence-electron chi connectivity index (χ3n) is 5.11. The van der Waals surface area contributed by atoms with Crippen molar-refractivity contribution in [3.63, 3.8) is 0 Å². The van der Waals surface area contributed by atoms with Crippen LogP contribution in [0, 0.1) is 5.82 Å². The second-order valence-corrected chi connectivity index (χ2v) is 7.97. The van der Waals surface area contributed by atoms with Gasteiger partial charge in [-0.1, -0.05) is 23.2 Å². The van der Waals surface area contributed by atoms with E-state index in [0.717, 1.165) is 0 Å². The average molecular weight is 477 g/mol. The Labute approximate surface area is 193 Å². The van der Waals surface area contributed by atoms with E-state index in [1.165, 1.54) is 24.3 Å². The summed E-state index contributed by atoms with van der Waals surface area (Å²) in [6.07, 6.45) is 0. The molecule has 0 N–H and O–H groups in total. The molecule has 0 bridgehead atoms. The number of amides is 1. The van der Waals surface area contributed by atoms with Crippen LogP contribution in [0.15, 0.2) is 36.4 Å². The van der Waals surface area contributed by atoms with Crippen LogP contribution in [0.2, 0.25) is 10.0 Å². The van der Waals surface area contributed by atoms with E-state index in [2.05, 4.69) is 9.97 Å². The zero-order valence-corrected chi connectivity index (χ0v) is 18.7. The van der Waals surface area contributed by atoms with Gasteiger partial charge in [0.25, 0.3) is 5.91 Å². The molecule has 0 saturated carbocycles. The van der Waals surface area contributed by atoms with Crippen molar-refractivity contribution in [3.05, 3.63) is 63.5 Å². The van der Waals surface area contributed by atoms with Crippen molar-refractivity contribution >= 4 is 51.9 Å². The SMILES string of the molecule is CCOC(=O)c1nc2cc(Cl)c(Cl)cc2nc1N1CCN(C(=O)c2ccc(F)cc2)CC1. The summed E-state index contributed by atoms with van der Waals surface area (Å²) in [4.78, 5) is 37.9. The minimum Gasteiger partial charge on any atom is -0.461 e. The van der Waals surface area contributed by atoms with Gasteiger partial charge < -0.3 is 14.5 Å². The number of aromatic nitrogens is 2. The summed E-state index contributed by atoms with van der Waals surface area (Å²) in [7, 11) is 0. The van der Waals surface area contributed by atoms with Crippen molar-refractivity contribution < 1.29 is 18.7 Å². The highest BCUT2D eigenvalue weighted by atomic mass is 35.5. The van der Waals surface area contributed by atoms with Crippen LogP contribution in [0.3, 0.4) is 0 Å². The van der Waals surface area contributed by atoms with Crippen molar-refractivity contribution in [3.8, 4) is 0 Å². The largest absolute Gasteiger partial charge is 0.461 e. The minimum absolute atomic E-state index is 0.0797. The molecule has 0 unspecified atom stereocenters. The lowest BCUT2D eigenvalue weighted by Gasteiger charge is -2.35. The van der Waals surface area contributed by atoms with Gasteiger partial charge in [-0.3, -0.25) is 4.79 Å². The number of ether oxygens (including phenoxy) is 1. The van der Waals surface area contributed by atoms with E-state index < -0.39 is 11.8 Å². The minimum atomic E-state index is -0.590. The van der Waals surface area contributed by atoms with Crippen molar-refractivity contribution in [1.29, 1.82) is 0 Å². The second kappa shape index (κ2) is 9.26.